The van der Waals surface area contributed by atoms with Crippen LogP contribution in [0, 0.1) is 6.92 Å². The number of aromatic nitrogens is 2. The lowest BCUT2D eigenvalue weighted by Crippen LogP contribution is -2.38. The minimum atomic E-state index is -0.649. The van der Waals surface area contributed by atoms with Gasteiger partial charge in [-0.1, -0.05) is 42.2 Å². The van der Waals surface area contributed by atoms with Gasteiger partial charge >= 0.3 is 0 Å². The van der Waals surface area contributed by atoms with Crippen LogP contribution in [0.25, 0.3) is 5.69 Å². The summed E-state index contributed by atoms with van der Waals surface area (Å²) in [6.45, 7) is 5.46. The maximum absolute atomic E-state index is 13.0. The fraction of sp³-hybridized carbons (Fsp3) is 0.312. The molecule has 3 rings (SSSR count). The third-order valence-electron chi connectivity index (χ3n) is 3.99. The van der Waals surface area contributed by atoms with Crippen molar-refractivity contribution in [2.45, 2.75) is 25.5 Å². The van der Waals surface area contributed by atoms with Gasteiger partial charge in [0.1, 0.15) is 10.0 Å². The highest BCUT2D eigenvalue weighted by atomic mass is 32.2. The van der Waals surface area contributed by atoms with Gasteiger partial charge in [0.25, 0.3) is 5.56 Å². The van der Waals surface area contributed by atoms with Crippen LogP contribution in [-0.4, -0.2) is 24.3 Å². The van der Waals surface area contributed by atoms with Crippen molar-refractivity contribution in [1.82, 2.24) is 9.36 Å². The van der Waals surface area contributed by atoms with Crippen LogP contribution in [0.1, 0.15) is 19.5 Å². The third-order valence-corrected chi connectivity index (χ3v) is 5.47. The Hall–Kier alpha value is -1.86. The molecule has 0 bridgehead atoms. The van der Waals surface area contributed by atoms with E-state index in [9.17, 15) is 9.59 Å². The molecule has 1 amide bonds. The van der Waals surface area contributed by atoms with E-state index in [0.717, 1.165) is 5.69 Å². The lowest BCUT2D eigenvalue weighted by Gasteiger charge is -2.16. The highest BCUT2D eigenvalue weighted by molar-refractivity contribution is 8.25. The van der Waals surface area contributed by atoms with E-state index >= 15 is 0 Å². The minimum Gasteiger partial charge on any atom is -0.283 e. The molecule has 1 aromatic heterocycles. The first-order valence-corrected chi connectivity index (χ1v) is 8.39. The Morgan fingerprint density at radius 2 is 1.74 bits per heavy atom. The minimum absolute atomic E-state index is 0.154. The second kappa shape index (κ2) is 5.35. The number of nitrogens with zero attached hydrogens (tertiary/aromatic N) is 3. The Labute approximate surface area is 143 Å². The second-order valence-corrected chi connectivity index (χ2v) is 8.19. The molecular formula is C16H17N3O2S2. The van der Waals surface area contributed by atoms with Gasteiger partial charge in [-0.3, -0.25) is 19.2 Å². The van der Waals surface area contributed by atoms with Gasteiger partial charge in [-0.25, -0.2) is 4.68 Å². The first-order chi connectivity index (χ1) is 10.8. The first kappa shape index (κ1) is 16.0. The monoisotopic (exact) mass is 347 g/mol. The normalized spacial score (nSPS) is 17.1. The maximum Gasteiger partial charge on any atom is 0.296 e. The smallest absolute Gasteiger partial charge is 0.283 e. The number of hydrogen-bond acceptors (Lipinski definition) is 4. The molecule has 1 aliphatic rings. The van der Waals surface area contributed by atoms with Gasteiger partial charge in [-0.15, -0.1) is 0 Å². The molecule has 1 aromatic carbocycles. The fourth-order valence-electron chi connectivity index (χ4n) is 2.66. The quantitative estimate of drug-likeness (QED) is 0.784. The number of amides is 1. The van der Waals surface area contributed by atoms with Crippen molar-refractivity contribution in [3.63, 3.8) is 0 Å². The van der Waals surface area contributed by atoms with Gasteiger partial charge in [0, 0.05) is 7.05 Å². The molecule has 5 nitrogen and oxygen atoms in total. The molecule has 2 heterocycles. The van der Waals surface area contributed by atoms with E-state index in [-0.39, 0.29) is 11.5 Å². The molecule has 0 spiro atoms. The molecule has 23 heavy (non-hydrogen) atoms. The second-order valence-electron chi connectivity index (χ2n) is 5.93. The van der Waals surface area contributed by atoms with E-state index in [1.54, 1.807) is 16.4 Å². The van der Waals surface area contributed by atoms with Crippen LogP contribution < -0.4 is 10.5 Å². The summed E-state index contributed by atoms with van der Waals surface area (Å²) in [5.41, 5.74) is 1.54. The highest BCUT2D eigenvalue weighted by Crippen LogP contribution is 2.39. The summed E-state index contributed by atoms with van der Waals surface area (Å²) in [5, 5.41) is 0. The molecule has 0 saturated carbocycles. The van der Waals surface area contributed by atoms with Gasteiger partial charge < -0.3 is 0 Å². The van der Waals surface area contributed by atoms with Gasteiger partial charge in [0.2, 0.25) is 5.91 Å². The standard InChI is InChI=1S/C16H17N3O2S2/c1-10-12(18-14(21)16(2,3)23-15(18)22)13(20)19(17(10)4)11-8-6-5-7-9-11/h5-9H,1-4H3. The van der Waals surface area contributed by atoms with Crippen molar-refractivity contribution in [2.24, 2.45) is 7.05 Å². The molecule has 1 aliphatic heterocycles. The molecule has 0 N–H and O–H groups in total. The number of anilines is 1. The number of thioether (sulfide) groups is 1. The van der Waals surface area contributed by atoms with Gasteiger partial charge in [0.15, 0.2) is 0 Å². The number of para-hydroxylation sites is 1. The van der Waals surface area contributed by atoms with E-state index in [4.69, 9.17) is 12.2 Å². The predicted octanol–water partition coefficient (Wildman–Crippen LogP) is 2.63. The van der Waals surface area contributed by atoms with Crippen LogP contribution in [0.3, 0.4) is 0 Å². The Balaban J connectivity index is 2.22. The molecule has 120 valence electrons. The number of carbonyl (C=O) groups excluding carboxylic acids is 1. The Bertz CT molecular complexity index is 865. The summed E-state index contributed by atoms with van der Waals surface area (Å²) < 4.78 is 3.07. The molecule has 7 heteroatoms. The lowest BCUT2D eigenvalue weighted by molar-refractivity contribution is -0.118. The van der Waals surface area contributed by atoms with E-state index in [1.165, 1.54) is 16.7 Å². The van der Waals surface area contributed by atoms with Crippen molar-refractivity contribution in [3.05, 3.63) is 46.4 Å². The van der Waals surface area contributed by atoms with Crippen LogP contribution >= 0.6 is 24.0 Å². The lowest BCUT2D eigenvalue weighted by atomic mass is 10.1. The Morgan fingerprint density at radius 3 is 2.26 bits per heavy atom. The van der Waals surface area contributed by atoms with Crippen molar-refractivity contribution in [2.75, 3.05) is 4.90 Å². The molecule has 1 fully saturated rings. The largest absolute Gasteiger partial charge is 0.296 e. The Kier molecular flexibility index (Phi) is 3.72. The van der Waals surface area contributed by atoms with Gasteiger partial charge in [-0.2, -0.15) is 0 Å². The number of benzene rings is 1. The van der Waals surface area contributed by atoms with E-state index in [2.05, 4.69) is 0 Å². The third kappa shape index (κ3) is 2.35. The van der Waals surface area contributed by atoms with Crippen LogP contribution in [0.2, 0.25) is 0 Å². The molecule has 0 aliphatic carbocycles. The van der Waals surface area contributed by atoms with Crippen molar-refractivity contribution >= 4 is 39.9 Å². The highest BCUT2D eigenvalue weighted by Gasteiger charge is 2.46. The van der Waals surface area contributed by atoms with Crippen LogP contribution in [0.4, 0.5) is 5.69 Å². The fourth-order valence-corrected chi connectivity index (χ4v) is 4.34. The first-order valence-electron chi connectivity index (χ1n) is 7.17. The van der Waals surface area contributed by atoms with Crippen LogP contribution in [0.15, 0.2) is 35.1 Å². The summed E-state index contributed by atoms with van der Waals surface area (Å²) in [6.07, 6.45) is 0. The number of carbonyl (C=O) groups is 1. The number of rotatable bonds is 2. The summed E-state index contributed by atoms with van der Waals surface area (Å²) in [4.78, 5) is 27.0. The zero-order chi connectivity index (χ0) is 16.9. The Morgan fingerprint density at radius 1 is 1.13 bits per heavy atom. The topological polar surface area (TPSA) is 47.2 Å². The SMILES string of the molecule is Cc1c(N2C(=O)C(C)(C)SC2=S)c(=O)n(-c2ccccc2)n1C. The van der Waals surface area contributed by atoms with E-state index in [1.807, 2.05) is 51.1 Å². The van der Waals surface area contributed by atoms with E-state index in [0.29, 0.717) is 15.7 Å². The summed E-state index contributed by atoms with van der Waals surface area (Å²) >= 11 is 6.66. The molecular weight excluding hydrogens is 330 g/mol. The average molecular weight is 347 g/mol. The number of hydrogen-bond donors (Lipinski definition) is 0. The summed E-state index contributed by atoms with van der Waals surface area (Å²) in [7, 11) is 1.80. The molecule has 2 aromatic rings. The van der Waals surface area contributed by atoms with Crippen molar-refractivity contribution in [1.29, 1.82) is 0 Å². The van der Waals surface area contributed by atoms with Gasteiger partial charge in [0.05, 0.1) is 16.1 Å². The molecule has 0 atom stereocenters. The average Bonchev–Trinajstić information content (AvgIpc) is 2.83. The summed E-state index contributed by atoms with van der Waals surface area (Å²) in [6, 6.07) is 9.34. The summed E-state index contributed by atoms with van der Waals surface area (Å²) in [5.74, 6) is -0.154. The molecule has 1 saturated heterocycles. The molecule has 0 radical (unpaired) electrons. The zero-order valence-corrected chi connectivity index (χ0v) is 15.0. The van der Waals surface area contributed by atoms with Gasteiger partial charge in [-0.05, 0) is 32.9 Å². The maximum atomic E-state index is 13.0. The molecule has 0 unspecified atom stereocenters. The van der Waals surface area contributed by atoms with E-state index < -0.39 is 4.75 Å². The van der Waals surface area contributed by atoms with Crippen molar-refractivity contribution < 1.29 is 4.79 Å². The van der Waals surface area contributed by atoms with Crippen molar-refractivity contribution in [3.8, 4) is 5.69 Å². The number of thiocarbonyl (C=S) groups is 1. The zero-order valence-electron chi connectivity index (χ0n) is 13.4. The van der Waals surface area contributed by atoms with Crippen LogP contribution in [-0.2, 0) is 11.8 Å². The predicted molar refractivity (Wildman–Crippen MR) is 97.5 cm³/mol. The van der Waals surface area contributed by atoms with Crippen LogP contribution in [0.5, 0.6) is 0 Å².